The van der Waals surface area contributed by atoms with Gasteiger partial charge in [0.15, 0.2) is 0 Å². The first-order valence-electron chi connectivity index (χ1n) is 6.93. The minimum atomic E-state index is -0.352. The van der Waals surface area contributed by atoms with Crippen LogP contribution in [0.5, 0.6) is 5.75 Å². The van der Waals surface area contributed by atoms with E-state index in [9.17, 15) is 5.11 Å². The van der Waals surface area contributed by atoms with Crippen molar-refractivity contribution in [3.05, 3.63) is 29.8 Å². The van der Waals surface area contributed by atoms with Gasteiger partial charge in [-0.2, -0.15) is 0 Å². The van der Waals surface area contributed by atoms with Crippen molar-refractivity contribution in [1.82, 2.24) is 0 Å². The van der Waals surface area contributed by atoms with Crippen LogP contribution >= 0.6 is 0 Å². The maximum atomic E-state index is 10.5. The van der Waals surface area contributed by atoms with Gasteiger partial charge in [-0.25, -0.2) is 0 Å². The molecule has 1 aromatic carbocycles. The number of ether oxygens (including phenoxy) is 1. The van der Waals surface area contributed by atoms with Crippen LogP contribution in [0.1, 0.15) is 44.8 Å². The Morgan fingerprint density at radius 3 is 2.67 bits per heavy atom. The predicted molar refractivity (Wildman–Crippen MR) is 73.6 cm³/mol. The van der Waals surface area contributed by atoms with Crippen molar-refractivity contribution in [2.45, 2.75) is 39.2 Å². The standard InChI is InChI=1S/C16H24O2/c1-11-7-8-14(9-12(11)2)16(17)13-5-4-6-15(10-13)18-3/h4-6,10-12,14,16-17H,7-9H2,1-3H3. The highest BCUT2D eigenvalue weighted by molar-refractivity contribution is 5.30. The highest BCUT2D eigenvalue weighted by atomic mass is 16.5. The van der Waals surface area contributed by atoms with Crippen molar-refractivity contribution in [2.24, 2.45) is 17.8 Å². The molecule has 1 fully saturated rings. The average molecular weight is 248 g/mol. The smallest absolute Gasteiger partial charge is 0.119 e. The number of benzene rings is 1. The summed E-state index contributed by atoms with van der Waals surface area (Å²) in [6.07, 6.45) is 3.13. The van der Waals surface area contributed by atoms with Crippen LogP contribution in [-0.4, -0.2) is 12.2 Å². The first kappa shape index (κ1) is 13.4. The van der Waals surface area contributed by atoms with Gasteiger partial charge in [-0.15, -0.1) is 0 Å². The second-order valence-corrected chi connectivity index (χ2v) is 5.75. The molecule has 0 aromatic heterocycles. The molecule has 4 atom stereocenters. The van der Waals surface area contributed by atoms with Crippen LogP contribution in [-0.2, 0) is 0 Å². The van der Waals surface area contributed by atoms with Crippen molar-refractivity contribution in [3.63, 3.8) is 0 Å². The zero-order valence-electron chi connectivity index (χ0n) is 11.6. The van der Waals surface area contributed by atoms with Gasteiger partial charge in [0.05, 0.1) is 13.2 Å². The van der Waals surface area contributed by atoms with Crippen LogP contribution in [0.15, 0.2) is 24.3 Å². The second-order valence-electron chi connectivity index (χ2n) is 5.75. The topological polar surface area (TPSA) is 29.5 Å². The number of hydrogen-bond acceptors (Lipinski definition) is 2. The third-order valence-electron chi connectivity index (χ3n) is 4.52. The zero-order chi connectivity index (χ0) is 13.1. The number of rotatable bonds is 3. The second kappa shape index (κ2) is 5.75. The summed E-state index contributed by atoms with van der Waals surface area (Å²) in [6.45, 7) is 4.62. The van der Waals surface area contributed by atoms with Crippen molar-refractivity contribution < 1.29 is 9.84 Å². The van der Waals surface area contributed by atoms with Gasteiger partial charge in [-0.3, -0.25) is 0 Å². The van der Waals surface area contributed by atoms with Crippen LogP contribution in [0.4, 0.5) is 0 Å². The number of hydrogen-bond donors (Lipinski definition) is 1. The van der Waals surface area contributed by atoms with Crippen molar-refractivity contribution in [3.8, 4) is 5.75 Å². The maximum Gasteiger partial charge on any atom is 0.119 e. The average Bonchev–Trinajstić information content (AvgIpc) is 2.41. The summed E-state index contributed by atoms with van der Waals surface area (Å²) in [6, 6.07) is 7.82. The molecule has 0 spiro atoms. The zero-order valence-corrected chi connectivity index (χ0v) is 11.6. The molecule has 1 aliphatic rings. The Hall–Kier alpha value is -1.02. The number of aliphatic hydroxyl groups is 1. The molecule has 18 heavy (non-hydrogen) atoms. The summed E-state index contributed by atoms with van der Waals surface area (Å²) in [7, 11) is 1.66. The van der Waals surface area contributed by atoms with Crippen LogP contribution < -0.4 is 4.74 Å². The molecule has 2 rings (SSSR count). The van der Waals surface area contributed by atoms with Gasteiger partial charge < -0.3 is 9.84 Å². The molecular formula is C16H24O2. The van der Waals surface area contributed by atoms with Crippen LogP contribution in [0, 0.1) is 17.8 Å². The van der Waals surface area contributed by atoms with E-state index in [1.54, 1.807) is 7.11 Å². The van der Waals surface area contributed by atoms with Crippen molar-refractivity contribution in [1.29, 1.82) is 0 Å². The van der Waals surface area contributed by atoms with E-state index in [1.165, 1.54) is 6.42 Å². The molecule has 100 valence electrons. The van der Waals surface area contributed by atoms with E-state index < -0.39 is 0 Å². The molecule has 1 saturated carbocycles. The van der Waals surface area contributed by atoms with Crippen LogP contribution in [0.3, 0.4) is 0 Å². The minimum absolute atomic E-state index is 0.352. The van der Waals surface area contributed by atoms with E-state index in [0.717, 1.165) is 30.1 Å². The highest BCUT2D eigenvalue weighted by Gasteiger charge is 2.29. The number of methoxy groups -OCH3 is 1. The van der Waals surface area contributed by atoms with Gasteiger partial charge in [-0.1, -0.05) is 32.4 Å². The summed E-state index contributed by atoms with van der Waals surface area (Å²) in [5, 5.41) is 10.5. The summed E-state index contributed by atoms with van der Waals surface area (Å²) >= 11 is 0. The first-order chi connectivity index (χ1) is 8.61. The molecule has 0 amide bonds. The van der Waals surface area contributed by atoms with Gasteiger partial charge >= 0.3 is 0 Å². The van der Waals surface area contributed by atoms with E-state index in [0.29, 0.717) is 11.8 Å². The molecule has 4 unspecified atom stereocenters. The van der Waals surface area contributed by atoms with E-state index in [4.69, 9.17) is 4.74 Å². The molecule has 2 nitrogen and oxygen atoms in total. The SMILES string of the molecule is COc1cccc(C(O)C2CCC(C)C(C)C2)c1. The summed E-state index contributed by atoms with van der Waals surface area (Å²) < 4.78 is 5.22. The lowest BCUT2D eigenvalue weighted by atomic mass is 9.73. The van der Waals surface area contributed by atoms with Crippen LogP contribution in [0.2, 0.25) is 0 Å². The van der Waals surface area contributed by atoms with Gasteiger partial charge in [0.2, 0.25) is 0 Å². The lowest BCUT2D eigenvalue weighted by Crippen LogP contribution is -2.25. The van der Waals surface area contributed by atoms with Crippen molar-refractivity contribution in [2.75, 3.05) is 7.11 Å². The van der Waals surface area contributed by atoms with Gasteiger partial charge in [0.1, 0.15) is 5.75 Å². The molecule has 1 N–H and O–H groups in total. The molecule has 0 radical (unpaired) electrons. The minimum Gasteiger partial charge on any atom is -0.497 e. The Kier molecular flexibility index (Phi) is 4.28. The number of aliphatic hydroxyl groups excluding tert-OH is 1. The largest absolute Gasteiger partial charge is 0.497 e. The molecule has 2 heteroatoms. The van der Waals surface area contributed by atoms with Gasteiger partial charge in [-0.05, 0) is 48.3 Å². The maximum absolute atomic E-state index is 10.5. The molecule has 1 aliphatic carbocycles. The molecule has 0 aliphatic heterocycles. The third-order valence-corrected chi connectivity index (χ3v) is 4.52. The molecule has 0 saturated heterocycles. The third kappa shape index (κ3) is 2.86. The Morgan fingerprint density at radius 2 is 2.00 bits per heavy atom. The Morgan fingerprint density at radius 1 is 1.22 bits per heavy atom. The molecule has 0 heterocycles. The van der Waals surface area contributed by atoms with Crippen LogP contribution in [0.25, 0.3) is 0 Å². The monoisotopic (exact) mass is 248 g/mol. The van der Waals surface area contributed by atoms with E-state index in [2.05, 4.69) is 13.8 Å². The summed E-state index contributed by atoms with van der Waals surface area (Å²) in [5.41, 5.74) is 0.987. The van der Waals surface area contributed by atoms with E-state index in [1.807, 2.05) is 24.3 Å². The van der Waals surface area contributed by atoms with Crippen molar-refractivity contribution >= 4 is 0 Å². The van der Waals surface area contributed by atoms with E-state index in [-0.39, 0.29) is 6.10 Å². The molecular weight excluding hydrogens is 224 g/mol. The lowest BCUT2D eigenvalue weighted by molar-refractivity contribution is 0.0559. The molecule has 1 aromatic rings. The summed E-state index contributed by atoms with van der Waals surface area (Å²) in [5.74, 6) is 2.72. The fourth-order valence-electron chi connectivity index (χ4n) is 2.97. The van der Waals surface area contributed by atoms with Gasteiger partial charge in [0, 0.05) is 0 Å². The highest BCUT2D eigenvalue weighted by Crippen LogP contribution is 2.40. The Bertz CT molecular complexity index is 388. The fourth-order valence-corrected chi connectivity index (χ4v) is 2.97. The van der Waals surface area contributed by atoms with Gasteiger partial charge in [0.25, 0.3) is 0 Å². The normalized spacial score (nSPS) is 29.9. The quantitative estimate of drug-likeness (QED) is 0.881. The molecule has 0 bridgehead atoms. The first-order valence-corrected chi connectivity index (χ1v) is 6.93. The predicted octanol–water partition coefficient (Wildman–Crippen LogP) is 3.80. The summed E-state index contributed by atoms with van der Waals surface area (Å²) in [4.78, 5) is 0. The Balaban J connectivity index is 2.08. The fraction of sp³-hybridized carbons (Fsp3) is 0.625. The van der Waals surface area contributed by atoms with E-state index >= 15 is 0 Å². The Labute approximate surface area is 110 Å². The lowest BCUT2D eigenvalue weighted by Gasteiger charge is -2.34.